The molecule has 0 saturated heterocycles. The van der Waals surface area contributed by atoms with Gasteiger partial charge in [0.15, 0.2) is 11.6 Å². The van der Waals surface area contributed by atoms with Crippen molar-refractivity contribution in [2.45, 2.75) is 18.4 Å². The maximum atomic E-state index is 13.7. The maximum Gasteiger partial charge on any atom is 0.166 e. The SMILES string of the molecule is Nc1ncc(Br)cc1OC1(c2c(Cl)ccc(F)c2Cl)CC1. The molecule has 1 aromatic carbocycles. The van der Waals surface area contributed by atoms with Crippen molar-refractivity contribution in [2.75, 3.05) is 5.73 Å². The number of rotatable bonds is 3. The molecule has 2 N–H and O–H groups in total. The van der Waals surface area contributed by atoms with Crippen LogP contribution in [0.2, 0.25) is 10.0 Å². The van der Waals surface area contributed by atoms with Crippen LogP contribution in [0.3, 0.4) is 0 Å². The highest BCUT2D eigenvalue weighted by atomic mass is 79.9. The van der Waals surface area contributed by atoms with Crippen molar-refractivity contribution >= 4 is 44.9 Å². The van der Waals surface area contributed by atoms with Gasteiger partial charge in [-0.2, -0.15) is 0 Å². The van der Waals surface area contributed by atoms with E-state index < -0.39 is 11.4 Å². The third-order valence-corrected chi connectivity index (χ3v) is 4.48. The third-order valence-electron chi connectivity index (χ3n) is 3.36. The predicted molar refractivity (Wildman–Crippen MR) is 84.3 cm³/mol. The van der Waals surface area contributed by atoms with E-state index in [0.717, 1.165) is 4.47 Å². The summed E-state index contributed by atoms with van der Waals surface area (Å²) in [6.45, 7) is 0. The summed E-state index contributed by atoms with van der Waals surface area (Å²) in [4.78, 5) is 4.01. The van der Waals surface area contributed by atoms with Crippen molar-refractivity contribution in [3.8, 4) is 5.75 Å². The molecule has 0 unspecified atom stereocenters. The molecule has 3 rings (SSSR count). The summed E-state index contributed by atoms with van der Waals surface area (Å²) < 4.78 is 20.4. The molecule has 1 saturated carbocycles. The Kier molecular flexibility index (Phi) is 3.76. The molecule has 0 spiro atoms. The maximum absolute atomic E-state index is 13.7. The first-order chi connectivity index (χ1) is 9.93. The van der Waals surface area contributed by atoms with Crippen LogP contribution in [0.1, 0.15) is 18.4 Å². The van der Waals surface area contributed by atoms with Crippen LogP contribution in [0, 0.1) is 5.82 Å². The van der Waals surface area contributed by atoms with E-state index in [-0.39, 0.29) is 10.8 Å². The van der Waals surface area contributed by atoms with Crippen LogP contribution in [0.4, 0.5) is 10.2 Å². The summed E-state index contributed by atoms with van der Waals surface area (Å²) in [6, 6.07) is 4.42. The Hall–Kier alpha value is -1.04. The van der Waals surface area contributed by atoms with E-state index in [1.165, 1.54) is 12.1 Å². The first-order valence-electron chi connectivity index (χ1n) is 6.17. The van der Waals surface area contributed by atoms with Crippen molar-refractivity contribution in [1.29, 1.82) is 0 Å². The number of anilines is 1. The molecule has 1 aromatic heterocycles. The minimum atomic E-state index is -0.743. The number of halogens is 4. The van der Waals surface area contributed by atoms with E-state index in [4.69, 9.17) is 33.7 Å². The normalized spacial score (nSPS) is 15.8. The van der Waals surface area contributed by atoms with E-state index >= 15 is 0 Å². The number of aromatic nitrogens is 1. The average molecular weight is 392 g/mol. The van der Waals surface area contributed by atoms with Gasteiger partial charge in [-0.25, -0.2) is 9.37 Å². The molecular weight excluding hydrogens is 382 g/mol. The van der Waals surface area contributed by atoms with Crippen LogP contribution in [0.25, 0.3) is 0 Å². The smallest absolute Gasteiger partial charge is 0.166 e. The number of ether oxygens (including phenoxy) is 1. The third kappa shape index (κ3) is 2.70. The number of nitrogen functional groups attached to an aromatic ring is 1. The lowest BCUT2D eigenvalue weighted by atomic mass is 10.1. The van der Waals surface area contributed by atoms with E-state index in [9.17, 15) is 4.39 Å². The summed E-state index contributed by atoms with van der Waals surface area (Å²) in [5, 5.41) is 0.363. The molecule has 7 heteroatoms. The lowest BCUT2D eigenvalue weighted by molar-refractivity contribution is 0.181. The average Bonchev–Trinajstić information content (AvgIpc) is 3.19. The summed E-state index contributed by atoms with van der Waals surface area (Å²) in [5.74, 6) is 0.151. The first kappa shape index (κ1) is 14.9. The second-order valence-electron chi connectivity index (χ2n) is 4.85. The predicted octanol–water partition coefficient (Wildman–Crippen LogP) is 4.94. The van der Waals surface area contributed by atoms with Gasteiger partial charge in [0.1, 0.15) is 11.4 Å². The van der Waals surface area contributed by atoms with Gasteiger partial charge in [-0.1, -0.05) is 23.2 Å². The van der Waals surface area contributed by atoms with Gasteiger partial charge in [0, 0.05) is 21.3 Å². The second kappa shape index (κ2) is 5.30. The molecule has 0 aliphatic heterocycles. The number of nitrogens with two attached hydrogens (primary N) is 1. The van der Waals surface area contributed by atoms with Crippen LogP contribution in [-0.4, -0.2) is 4.98 Å². The van der Waals surface area contributed by atoms with Crippen molar-refractivity contribution in [3.05, 3.63) is 50.3 Å². The van der Waals surface area contributed by atoms with E-state index in [0.29, 0.717) is 29.2 Å². The fraction of sp³-hybridized carbons (Fsp3) is 0.214. The summed E-state index contributed by atoms with van der Waals surface area (Å²) >= 11 is 15.6. The van der Waals surface area contributed by atoms with Gasteiger partial charge in [-0.3, -0.25) is 0 Å². The zero-order valence-corrected chi connectivity index (χ0v) is 13.8. The summed E-state index contributed by atoms with van der Waals surface area (Å²) in [7, 11) is 0. The molecular formula is C14H10BrCl2FN2O. The first-order valence-corrected chi connectivity index (χ1v) is 7.72. The highest BCUT2D eigenvalue weighted by Gasteiger charge is 2.50. The second-order valence-corrected chi connectivity index (χ2v) is 6.55. The number of benzene rings is 1. The Morgan fingerprint density at radius 1 is 1.33 bits per heavy atom. The molecule has 21 heavy (non-hydrogen) atoms. The quantitative estimate of drug-likeness (QED) is 0.753. The zero-order chi connectivity index (χ0) is 15.2. The zero-order valence-electron chi connectivity index (χ0n) is 10.7. The van der Waals surface area contributed by atoms with Crippen molar-refractivity contribution in [1.82, 2.24) is 4.98 Å². The highest BCUT2D eigenvalue weighted by Crippen LogP contribution is 2.54. The molecule has 0 radical (unpaired) electrons. The Balaban J connectivity index is 2.03. The van der Waals surface area contributed by atoms with Gasteiger partial charge in [-0.15, -0.1) is 0 Å². The molecule has 110 valence electrons. The van der Waals surface area contributed by atoms with Crippen LogP contribution >= 0.6 is 39.1 Å². The molecule has 0 bridgehead atoms. The Morgan fingerprint density at radius 3 is 2.71 bits per heavy atom. The molecule has 1 heterocycles. The largest absolute Gasteiger partial charge is 0.479 e. The number of nitrogens with zero attached hydrogens (tertiary/aromatic N) is 1. The van der Waals surface area contributed by atoms with Crippen molar-refractivity contribution in [2.24, 2.45) is 0 Å². The van der Waals surface area contributed by atoms with Crippen LogP contribution < -0.4 is 10.5 Å². The highest BCUT2D eigenvalue weighted by molar-refractivity contribution is 9.10. The van der Waals surface area contributed by atoms with Gasteiger partial charge in [0.2, 0.25) is 0 Å². The number of hydrogen-bond donors (Lipinski definition) is 1. The van der Waals surface area contributed by atoms with Crippen molar-refractivity contribution < 1.29 is 9.13 Å². The van der Waals surface area contributed by atoms with E-state index in [2.05, 4.69) is 20.9 Å². The van der Waals surface area contributed by atoms with Crippen LogP contribution in [0.15, 0.2) is 28.9 Å². The fourth-order valence-corrected chi connectivity index (χ4v) is 3.21. The topological polar surface area (TPSA) is 48.1 Å². The molecule has 1 fully saturated rings. The molecule has 3 nitrogen and oxygen atoms in total. The van der Waals surface area contributed by atoms with Gasteiger partial charge >= 0.3 is 0 Å². The number of hydrogen-bond acceptors (Lipinski definition) is 3. The molecule has 2 aromatic rings. The monoisotopic (exact) mass is 390 g/mol. The van der Waals surface area contributed by atoms with Gasteiger partial charge in [0.05, 0.1) is 5.02 Å². The fourth-order valence-electron chi connectivity index (χ4n) is 2.18. The Morgan fingerprint density at radius 2 is 2.05 bits per heavy atom. The minimum Gasteiger partial charge on any atom is -0.479 e. The standard InChI is InChI=1S/C14H10BrCl2FN2O/c15-7-5-10(13(19)20-6-7)21-14(3-4-14)11-8(16)1-2-9(18)12(11)17/h1-2,5-6H,3-4H2,(H2,19,20). The molecule has 1 aliphatic carbocycles. The summed E-state index contributed by atoms with van der Waals surface area (Å²) in [5.41, 5.74) is 5.53. The summed E-state index contributed by atoms with van der Waals surface area (Å²) in [6.07, 6.45) is 2.94. The number of pyridine rings is 1. The van der Waals surface area contributed by atoms with Gasteiger partial charge in [0.25, 0.3) is 0 Å². The van der Waals surface area contributed by atoms with Crippen LogP contribution in [0.5, 0.6) is 5.75 Å². The Bertz CT molecular complexity index is 722. The van der Waals surface area contributed by atoms with Gasteiger partial charge in [-0.05, 0) is 47.0 Å². The lowest BCUT2D eigenvalue weighted by Crippen LogP contribution is -2.18. The minimum absolute atomic E-state index is 0.0125. The Labute approximate surface area is 139 Å². The molecule has 0 amide bonds. The molecule has 1 aliphatic rings. The lowest BCUT2D eigenvalue weighted by Gasteiger charge is -2.22. The van der Waals surface area contributed by atoms with Crippen LogP contribution in [-0.2, 0) is 5.60 Å². The molecule has 0 atom stereocenters. The van der Waals surface area contributed by atoms with Gasteiger partial charge < -0.3 is 10.5 Å². The van der Waals surface area contributed by atoms with E-state index in [1.54, 1.807) is 12.3 Å². The van der Waals surface area contributed by atoms with Crippen molar-refractivity contribution in [3.63, 3.8) is 0 Å². The van der Waals surface area contributed by atoms with E-state index in [1.807, 2.05) is 0 Å².